The Balaban J connectivity index is 1.94. The standard InChI is InChI=1S/C23H35N3O2/c1-8-26-19-11-10-17(28-9-2)12-18(19)15(3)20(26)21(27)24-16-13-22(4,5)25-23(6,7)14-16/h10-12,16,25H,8-9,13-14H2,1-7H3,(H,24,27). The van der Waals surface area contributed by atoms with Crippen molar-refractivity contribution in [2.24, 2.45) is 0 Å². The van der Waals surface area contributed by atoms with E-state index in [0.29, 0.717) is 6.61 Å². The van der Waals surface area contributed by atoms with Gasteiger partial charge in [0.25, 0.3) is 5.91 Å². The van der Waals surface area contributed by atoms with Gasteiger partial charge in [0.05, 0.1) is 6.61 Å². The smallest absolute Gasteiger partial charge is 0.268 e. The molecule has 0 bridgehead atoms. The molecule has 2 aromatic rings. The van der Waals surface area contributed by atoms with Crippen molar-refractivity contribution in [1.29, 1.82) is 0 Å². The average Bonchev–Trinajstić information content (AvgIpc) is 2.84. The number of aromatic nitrogens is 1. The van der Waals surface area contributed by atoms with E-state index in [1.165, 1.54) is 0 Å². The molecule has 0 spiro atoms. The Morgan fingerprint density at radius 3 is 2.43 bits per heavy atom. The van der Waals surface area contributed by atoms with Crippen LogP contribution in [0.25, 0.3) is 10.9 Å². The van der Waals surface area contributed by atoms with Gasteiger partial charge in [-0.25, -0.2) is 0 Å². The number of nitrogens with zero attached hydrogens (tertiary/aromatic N) is 1. The van der Waals surface area contributed by atoms with Crippen LogP contribution in [0.3, 0.4) is 0 Å². The molecule has 1 amide bonds. The second-order valence-corrected chi connectivity index (χ2v) is 9.30. The number of ether oxygens (including phenoxy) is 1. The first-order chi connectivity index (χ1) is 13.1. The van der Waals surface area contributed by atoms with Crippen molar-refractivity contribution in [3.8, 4) is 5.75 Å². The average molecular weight is 386 g/mol. The number of fused-ring (bicyclic) bond motifs is 1. The Morgan fingerprint density at radius 2 is 1.86 bits per heavy atom. The Morgan fingerprint density at radius 1 is 1.21 bits per heavy atom. The maximum atomic E-state index is 13.3. The van der Waals surface area contributed by atoms with Crippen molar-refractivity contribution in [3.05, 3.63) is 29.5 Å². The van der Waals surface area contributed by atoms with Gasteiger partial charge in [-0.1, -0.05) is 0 Å². The van der Waals surface area contributed by atoms with Crippen molar-refractivity contribution in [2.75, 3.05) is 6.61 Å². The van der Waals surface area contributed by atoms with E-state index in [4.69, 9.17) is 4.74 Å². The number of carbonyl (C=O) groups excluding carboxylic acids is 1. The van der Waals surface area contributed by atoms with Gasteiger partial charge in [-0.05, 0) is 85.1 Å². The number of nitrogens with one attached hydrogen (secondary N) is 2. The molecule has 5 nitrogen and oxygen atoms in total. The van der Waals surface area contributed by atoms with E-state index in [9.17, 15) is 4.79 Å². The molecule has 2 heterocycles. The molecule has 154 valence electrons. The number of benzene rings is 1. The molecule has 28 heavy (non-hydrogen) atoms. The molecule has 0 aliphatic carbocycles. The summed E-state index contributed by atoms with van der Waals surface area (Å²) in [5.41, 5.74) is 2.86. The second-order valence-electron chi connectivity index (χ2n) is 9.30. The number of hydrogen-bond acceptors (Lipinski definition) is 3. The highest BCUT2D eigenvalue weighted by molar-refractivity contribution is 6.02. The van der Waals surface area contributed by atoms with Crippen LogP contribution in [-0.4, -0.2) is 34.2 Å². The quantitative estimate of drug-likeness (QED) is 0.802. The minimum absolute atomic E-state index is 0.00139. The second kappa shape index (κ2) is 7.43. The lowest BCUT2D eigenvalue weighted by molar-refractivity contribution is 0.0864. The first-order valence-corrected chi connectivity index (χ1v) is 10.4. The van der Waals surface area contributed by atoms with Gasteiger partial charge in [0.2, 0.25) is 0 Å². The summed E-state index contributed by atoms with van der Waals surface area (Å²) in [6.07, 6.45) is 1.84. The van der Waals surface area contributed by atoms with E-state index in [2.05, 4.69) is 55.9 Å². The summed E-state index contributed by atoms with van der Waals surface area (Å²) in [6.45, 7) is 16.3. The molecule has 0 atom stereocenters. The number of amides is 1. The molecule has 3 rings (SSSR count). The van der Waals surface area contributed by atoms with Gasteiger partial charge in [-0.15, -0.1) is 0 Å². The topological polar surface area (TPSA) is 55.3 Å². The Bertz CT molecular complexity index is 864. The van der Waals surface area contributed by atoms with Crippen LogP contribution in [0.2, 0.25) is 0 Å². The SMILES string of the molecule is CCOc1ccc2c(c1)c(C)c(C(=O)NC1CC(C)(C)NC(C)(C)C1)n2CC. The number of aryl methyl sites for hydroxylation is 2. The minimum Gasteiger partial charge on any atom is -0.494 e. The van der Waals surface area contributed by atoms with E-state index in [0.717, 1.165) is 47.3 Å². The fourth-order valence-corrected chi connectivity index (χ4v) is 5.06. The van der Waals surface area contributed by atoms with Crippen LogP contribution < -0.4 is 15.4 Å². The zero-order valence-corrected chi connectivity index (χ0v) is 18.4. The van der Waals surface area contributed by atoms with Crippen LogP contribution in [0, 0.1) is 6.92 Å². The molecule has 1 fully saturated rings. The molecule has 1 aromatic heterocycles. The molecule has 1 aromatic carbocycles. The van der Waals surface area contributed by atoms with E-state index in [1.54, 1.807) is 0 Å². The molecule has 5 heteroatoms. The summed E-state index contributed by atoms with van der Waals surface area (Å²) >= 11 is 0. The molecule has 2 N–H and O–H groups in total. The molecule has 0 saturated carbocycles. The summed E-state index contributed by atoms with van der Waals surface area (Å²) in [5, 5.41) is 8.10. The van der Waals surface area contributed by atoms with Gasteiger partial charge in [-0.3, -0.25) is 4.79 Å². The largest absolute Gasteiger partial charge is 0.494 e. The Kier molecular flexibility index (Phi) is 5.50. The Hall–Kier alpha value is -2.01. The fraction of sp³-hybridized carbons (Fsp3) is 0.609. The van der Waals surface area contributed by atoms with Crippen LogP contribution in [0.1, 0.15) is 70.4 Å². The van der Waals surface area contributed by atoms with Crippen LogP contribution >= 0.6 is 0 Å². The molecule has 0 unspecified atom stereocenters. The molecule has 1 saturated heterocycles. The van der Waals surface area contributed by atoms with E-state index < -0.39 is 0 Å². The van der Waals surface area contributed by atoms with E-state index >= 15 is 0 Å². The summed E-state index contributed by atoms with van der Waals surface area (Å²) in [4.78, 5) is 13.3. The summed E-state index contributed by atoms with van der Waals surface area (Å²) in [6, 6.07) is 6.25. The summed E-state index contributed by atoms with van der Waals surface area (Å²) in [7, 11) is 0. The third kappa shape index (κ3) is 4.04. The van der Waals surface area contributed by atoms with Gasteiger partial charge < -0.3 is 19.9 Å². The van der Waals surface area contributed by atoms with Crippen molar-refractivity contribution in [3.63, 3.8) is 0 Å². The number of rotatable bonds is 5. The first kappa shape index (κ1) is 20.7. The summed E-state index contributed by atoms with van der Waals surface area (Å²) in [5.74, 6) is 0.868. The van der Waals surface area contributed by atoms with Crippen LogP contribution in [0.5, 0.6) is 5.75 Å². The molecular formula is C23H35N3O2. The van der Waals surface area contributed by atoms with E-state index in [-0.39, 0.29) is 23.0 Å². The molecule has 0 radical (unpaired) electrons. The maximum Gasteiger partial charge on any atom is 0.268 e. The predicted octanol–water partition coefficient (Wildman–Crippen LogP) is 4.41. The third-order valence-corrected chi connectivity index (χ3v) is 5.66. The van der Waals surface area contributed by atoms with Crippen LogP contribution in [-0.2, 0) is 6.54 Å². The predicted molar refractivity (Wildman–Crippen MR) is 115 cm³/mol. The van der Waals surface area contributed by atoms with Crippen molar-refractivity contribution in [1.82, 2.24) is 15.2 Å². The lowest BCUT2D eigenvalue weighted by atomic mass is 9.79. The van der Waals surface area contributed by atoms with Gasteiger partial charge in [0, 0.05) is 34.6 Å². The van der Waals surface area contributed by atoms with Gasteiger partial charge in [0.1, 0.15) is 11.4 Å². The first-order valence-electron chi connectivity index (χ1n) is 10.4. The minimum atomic E-state index is -0.00139. The van der Waals surface area contributed by atoms with Gasteiger partial charge >= 0.3 is 0 Å². The number of carbonyl (C=O) groups is 1. The zero-order chi connectivity index (χ0) is 20.7. The number of hydrogen-bond donors (Lipinski definition) is 2. The van der Waals surface area contributed by atoms with Crippen molar-refractivity contribution in [2.45, 2.75) is 85.0 Å². The third-order valence-electron chi connectivity index (χ3n) is 5.66. The van der Waals surface area contributed by atoms with Gasteiger partial charge in [-0.2, -0.15) is 0 Å². The number of piperidine rings is 1. The molecule has 1 aliphatic heterocycles. The zero-order valence-electron chi connectivity index (χ0n) is 18.4. The van der Waals surface area contributed by atoms with Crippen molar-refractivity contribution >= 4 is 16.8 Å². The van der Waals surface area contributed by atoms with E-state index in [1.807, 2.05) is 26.0 Å². The van der Waals surface area contributed by atoms with Crippen molar-refractivity contribution < 1.29 is 9.53 Å². The maximum absolute atomic E-state index is 13.3. The fourth-order valence-electron chi connectivity index (χ4n) is 5.06. The van der Waals surface area contributed by atoms with Crippen LogP contribution in [0.4, 0.5) is 0 Å². The monoisotopic (exact) mass is 385 g/mol. The molecular weight excluding hydrogens is 350 g/mol. The lowest BCUT2D eigenvalue weighted by Gasteiger charge is -2.46. The molecule has 1 aliphatic rings. The lowest BCUT2D eigenvalue weighted by Crippen LogP contribution is -2.62. The van der Waals surface area contributed by atoms with Crippen LogP contribution in [0.15, 0.2) is 18.2 Å². The highest BCUT2D eigenvalue weighted by Gasteiger charge is 2.38. The highest BCUT2D eigenvalue weighted by Crippen LogP contribution is 2.31. The summed E-state index contributed by atoms with van der Waals surface area (Å²) < 4.78 is 7.78. The highest BCUT2D eigenvalue weighted by atomic mass is 16.5. The normalized spacial score (nSPS) is 19.0. The van der Waals surface area contributed by atoms with Gasteiger partial charge in [0.15, 0.2) is 0 Å². The Labute approximate surface area is 168 Å².